The number of benzene rings is 1. The minimum Gasteiger partial charge on any atom is -0.309 e. The second kappa shape index (κ2) is 7.70. The van der Waals surface area contributed by atoms with Gasteiger partial charge in [-0.05, 0) is 30.4 Å². The summed E-state index contributed by atoms with van der Waals surface area (Å²) in [4.78, 5) is 0. The van der Waals surface area contributed by atoms with Crippen LogP contribution in [0.3, 0.4) is 0 Å². The van der Waals surface area contributed by atoms with Crippen LogP contribution in [-0.4, -0.2) is 22.3 Å². The molecule has 3 heteroatoms. The third-order valence-electron chi connectivity index (χ3n) is 2.81. The molecule has 0 aliphatic heterocycles. The average Bonchev–Trinajstić information content (AvgIpc) is 2.26. The van der Waals surface area contributed by atoms with Gasteiger partial charge in [0.15, 0.2) is 0 Å². The van der Waals surface area contributed by atoms with E-state index < -0.39 is 10.8 Å². The summed E-state index contributed by atoms with van der Waals surface area (Å²) in [5.74, 6) is 1.42. The van der Waals surface area contributed by atoms with Crippen molar-refractivity contribution in [3.63, 3.8) is 0 Å². The SMILES string of the molecule is CC(C)Cc1ccc(CNC(C)CS(C)=O)cc1. The Kier molecular flexibility index (Phi) is 6.58. The summed E-state index contributed by atoms with van der Waals surface area (Å²) in [6.07, 6.45) is 2.89. The summed E-state index contributed by atoms with van der Waals surface area (Å²) in [6.45, 7) is 7.40. The standard InChI is InChI=1S/C15H25NOS/c1-12(2)9-14-5-7-15(8-6-14)10-16-13(3)11-18(4)17/h5-8,12-13,16H,9-11H2,1-4H3. The van der Waals surface area contributed by atoms with Crippen molar-refractivity contribution in [2.75, 3.05) is 12.0 Å². The Morgan fingerprint density at radius 3 is 2.17 bits per heavy atom. The first kappa shape index (κ1) is 15.4. The van der Waals surface area contributed by atoms with Crippen LogP contribution < -0.4 is 5.32 Å². The second-order valence-corrected chi connectivity index (χ2v) is 6.92. The summed E-state index contributed by atoms with van der Waals surface area (Å²) in [5.41, 5.74) is 2.69. The van der Waals surface area contributed by atoms with Crippen LogP contribution >= 0.6 is 0 Å². The topological polar surface area (TPSA) is 29.1 Å². The van der Waals surface area contributed by atoms with E-state index in [1.807, 2.05) is 0 Å². The molecule has 0 aromatic heterocycles. The third kappa shape index (κ3) is 6.31. The van der Waals surface area contributed by atoms with Crippen LogP contribution in [0.4, 0.5) is 0 Å². The van der Waals surface area contributed by atoms with Crippen molar-refractivity contribution < 1.29 is 4.21 Å². The van der Waals surface area contributed by atoms with Gasteiger partial charge in [-0.15, -0.1) is 0 Å². The lowest BCUT2D eigenvalue weighted by atomic mass is 10.0. The van der Waals surface area contributed by atoms with Crippen LogP contribution in [0.15, 0.2) is 24.3 Å². The molecular formula is C15H25NOS. The molecular weight excluding hydrogens is 242 g/mol. The van der Waals surface area contributed by atoms with Gasteiger partial charge in [-0.1, -0.05) is 38.1 Å². The molecule has 0 bridgehead atoms. The van der Waals surface area contributed by atoms with Crippen molar-refractivity contribution in [3.05, 3.63) is 35.4 Å². The molecule has 0 radical (unpaired) electrons. The number of nitrogens with one attached hydrogen (secondary N) is 1. The van der Waals surface area contributed by atoms with Crippen LogP contribution in [-0.2, 0) is 23.8 Å². The van der Waals surface area contributed by atoms with Crippen molar-refractivity contribution >= 4 is 10.8 Å². The van der Waals surface area contributed by atoms with Gasteiger partial charge in [0, 0.05) is 35.4 Å². The second-order valence-electron chi connectivity index (χ2n) is 5.44. The number of hydrogen-bond donors (Lipinski definition) is 1. The first-order valence-corrected chi connectivity index (χ1v) is 8.31. The van der Waals surface area contributed by atoms with E-state index >= 15 is 0 Å². The van der Waals surface area contributed by atoms with E-state index in [-0.39, 0.29) is 0 Å². The maximum atomic E-state index is 11.1. The van der Waals surface area contributed by atoms with Gasteiger partial charge in [-0.2, -0.15) is 0 Å². The molecule has 0 fully saturated rings. The average molecular weight is 267 g/mol. The fourth-order valence-corrected chi connectivity index (χ4v) is 2.79. The first-order valence-electron chi connectivity index (χ1n) is 6.58. The van der Waals surface area contributed by atoms with Gasteiger partial charge in [0.1, 0.15) is 0 Å². The highest BCUT2D eigenvalue weighted by atomic mass is 32.2. The van der Waals surface area contributed by atoms with Gasteiger partial charge in [-0.25, -0.2) is 0 Å². The zero-order valence-electron chi connectivity index (χ0n) is 11.9. The monoisotopic (exact) mass is 267 g/mol. The molecule has 1 aromatic carbocycles. The molecule has 0 amide bonds. The van der Waals surface area contributed by atoms with Crippen molar-refractivity contribution in [3.8, 4) is 0 Å². The van der Waals surface area contributed by atoms with Crippen LogP contribution in [0.5, 0.6) is 0 Å². The van der Waals surface area contributed by atoms with Crippen LogP contribution in [0.25, 0.3) is 0 Å². The molecule has 1 aromatic rings. The van der Waals surface area contributed by atoms with Gasteiger partial charge in [0.05, 0.1) is 0 Å². The molecule has 2 unspecified atom stereocenters. The molecule has 102 valence electrons. The highest BCUT2D eigenvalue weighted by Gasteiger charge is 2.04. The Morgan fingerprint density at radius 2 is 1.67 bits per heavy atom. The van der Waals surface area contributed by atoms with E-state index in [1.54, 1.807) is 6.26 Å². The zero-order valence-corrected chi connectivity index (χ0v) is 12.7. The molecule has 1 rings (SSSR count). The van der Waals surface area contributed by atoms with Gasteiger partial charge in [0.25, 0.3) is 0 Å². The minimum atomic E-state index is -0.726. The molecule has 1 N–H and O–H groups in total. The smallest absolute Gasteiger partial charge is 0.0383 e. The molecule has 0 saturated carbocycles. The third-order valence-corrected chi connectivity index (χ3v) is 3.78. The van der Waals surface area contributed by atoms with E-state index in [1.165, 1.54) is 11.1 Å². The normalized spacial score (nSPS) is 14.7. The minimum absolute atomic E-state index is 0.297. The molecule has 0 aliphatic rings. The van der Waals surface area contributed by atoms with Gasteiger partial charge in [-0.3, -0.25) is 4.21 Å². The summed E-state index contributed by atoms with van der Waals surface area (Å²) in [6, 6.07) is 9.08. The molecule has 18 heavy (non-hydrogen) atoms. The highest BCUT2D eigenvalue weighted by molar-refractivity contribution is 7.84. The van der Waals surface area contributed by atoms with Gasteiger partial charge in [0.2, 0.25) is 0 Å². The van der Waals surface area contributed by atoms with Crippen molar-refractivity contribution in [1.82, 2.24) is 5.32 Å². The fraction of sp³-hybridized carbons (Fsp3) is 0.600. The molecule has 0 spiro atoms. The Labute approximate surface area is 114 Å². The first-order chi connectivity index (χ1) is 8.47. The van der Waals surface area contributed by atoms with E-state index in [9.17, 15) is 4.21 Å². The van der Waals surface area contributed by atoms with E-state index in [4.69, 9.17) is 0 Å². The zero-order chi connectivity index (χ0) is 13.5. The lowest BCUT2D eigenvalue weighted by Crippen LogP contribution is -2.30. The van der Waals surface area contributed by atoms with Crippen molar-refractivity contribution in [2.24, 2.45) is 5.92 Å². The van der Waals surface area contributed by atoms with E-state index in [0.717, 1.165) is 13.0 Å². The van der Waals surface area contributed by atoms with Crippen molar-refractivity contribution in [1.29, 1.82) is 0 Å². The molecule has 0 saturated heterocycles. The summed E-state index contributed by atoms with van der Waals surface area (Å²) < 4.78 is 11.1. The van der Waals surface area contributed by atoms with E-state index in [0.29, 0.717) is 17.7 Å². The molecule has 0 aliphatic carbocycles. The Morgan fingerprint density at radius 1 is 1.11 bits per heavy atom. The van der Waals surface area contributed by atoms with Gasteiger partial charge >= 0.3 is 0 Å². The Bertz CT molecular complexity index is 373. The van der Waals surface area contributed by atoms with Gasteiger partial charge < -0.3 is 5.32 Å². The van der Waals surface area contributed by atoms with Crippen molar-refractivity contribution in [2.45, 2.75) is 39.8 Å². The summed E-state index contributed by atoms with van der Waals surface area (Å²) in [5, 5.41) is 3.40. The maximum Gasteiger partial charge on any atom is 0.0383 e. The Hall–Kier alpha value is -0.670. The molecule has 0 heterocycles. The largest absolute Gasteiger partial charge is 0.309 e. The van der Waals surface area contributed by atoms with Crippen LogP contribution in [0, 0.1) is 5.92 Å². The molecule has 2 nitrogen and oxygen atoms in total. The molecule has 2 atom stereocenters. The predicted molar refractivity (Wildman–Crippen MR) is 80.2 cm³/mol. The summed E-state index contributed by atoms with van der Waals surface area (Å²) in [7, 11) is -0.726. The predicted octanol–water partition coefficient (Wildman–Crippen LogP) is 2.74. The van der Waals surface area contributed by atoms with Crippen LogP contribution in [0.1, 0.15) is 31.9 Å². The number of rotatable bonds is 7. The number of hydrogen-bond acceptors (Lipinski definition) is 2. The fourth-order valence-electron chi connectivity index (χ4n) is 1.97. The Balaban J connectivity index is 2.41. The lowest BCUT2D eigenvalue weighted by Gasteiger charge is -2.12. The quantitative estimate of drug-likeness (QED) is 0.823. The summed E-state index contributed by atoms with van der Waals surface area (Å²) >= 11 is 0. The van der Waals surface area contributed by atoms with E-state index in [2.05, 4.69) is 50.4 Å². The van der Waals surface area contributed by atoms with Crippen LogP contribution in [0.2, 0.25) is 0 Å². The lowest BCUT2D eigenvalue weighted by molar-refractivity contribution is 0.587. The maximum absolute atomic E-state index is 11.1. The highest BCUT2D eigenvalue weighted by Crippen LogP contribution is 2.09.